The van der Waals surface area contributed by atoms with Crippen molar-refractivity contribution < 1.29 is 9.63 Å². The van der Waals surface area contributed by atoms with E-state index in [1.54, 1.807) is 6.07 Å². The Hall–Kier alpha value is -0.830. The number of aromatic nitrogens is 1. The minimum Gasteiger partial charge on any atom is -0.391 e. The van der Waals surface area contributed by atoms with Crippen LogP contribution in [0.25, 0.3) is 0 Å². The van der Waals surface area contributed by atoms with Crippen LogP contribution in [-0.4, -0.2) is 46.9 Å². The molecule has 7 heteroatoms. The van der Waals surface area contributed by atoms with Crippen molar-refractivity contribution in [3.8, 4) is 0 Å². The highest BCUT2D eigenvalue weighted by atomic mass is 127. The first-order chi connectivity index (χ1) is 8.29. The Morgan fingerprint density at radius 2 is 2.56 bits per heavy atom. The minimum atomic E-state index is -0.245. The summed E-state index contributed by atoms with van der Waals surface area (Å²) in [6, 6.07) is 1.80. The average Bonchev–Trinajstić information content (AvgIpc) is 2.95. The Morgan fingerprint density at radius 1 is 1.72 bits per heavy atom. The van der Waals surface area contributed by atoms with E-state index in [0.717, 1.165) is 31.2 Å². The zero-order valence-corrected chi connectivity index (χ0v) is 12.7. The third-order valence-electron chi connectivity index (χ3n) is 2.68. The fourth-order valence-corrected chi connectivity index (χ4v) is 1.83. The molecule has 1 saturated heterocycles. The molecule has 0 saturated carbocycles. The van der Waals surface area contributed by atoms with E-state index in [2.05, 4.69) is 20.4 Å². The van der Waals surface area contributed by atoms with Gasteiger partial charge in [-0.2, -0.15) is 0 Å². The summed E-state index contributed by atoms with van der Waals surface area (Å²) in [4.78, 5) is 6.53. The number of nitrogens with zero attached hydrogens (tertiary/aromatic N) is 3. The SMILES string of the molecule is CCNC(=NCc1ccon1)N1CC[C@@H](O)C1.I. The van der Waals surface area contributed by atoms with Gasteiger partial charge in [0.15, 0.2) is 5.96 Å². The molecule has 1 aliphatic heterocycles. The summed E-state index contributed by atoms with van der Waals surface area (Å²) in [6.45, 7) is 4.81. The zero-order valence-electron chi connectivity index (χ0n) is 10.4. The van der Waals surface area contributed by atoms with Crippen molar-refractivity contribution in [3.05, 3.63) is 18.0 Å². The van der Waals surface area contributed by atoms with Crippen molar-refractivity contribution in [1.29, 1.82) is 0 Å². The smallest absolute Gasteiger partial charge is 0.194 e. The van der Waals surface area contributed by atoms with Crippen LogP contribution < -0.4 is 5.32 Å². The van der Waals surface area contributed by atoms with E-state index in [9.17, 15) is 5.11 Å². The largest absolute Gasteiger partial charge is 0.391 e. The molecule has 2 heterocycles. The van der Waals surface area contributed by atoms with Crippen molar-refractivity contribution in [2.24, 2.45) is 4.99 Å². The van der Waals surface area contributed by atoms with Crippen LogP contribution in [0.3, 0.4) is 0 Å². The topological polar surface area (TPSA) is 73.9 Å². The van der Waals surface area contributed by atoms with Crippen LogP contribution in [-0.2, 0) is 6.54 Å². The number of aliphatic imine (C=N–C) groups is 1. The molecular formula is C11H19IN4O2. The van der Waals surface area contributed by atoms with Crippen LogP contribution in [0.15, 0.2) is 21.8 Å². The monoisotopic (exact) mass is 366 g/mol. The van der Waals surface area contributed by atoms with Crippen molar-refractivity contribution in [1.82, 2.24) is 15.4 Å². The molecule has 1 atom stereocenters. The van der Waals surface area contributed by atoms with Gasteiger partial charge in [0.25, 0.3) is 0 Å². The van der Waals surface area contributed by atoms with Gasteiger partial charge < -0.3 is 19.8 Å². The van der Waals surface area contributed by atoms with E-state index >= 15 is 0 Å². The highest BCUT2D eigenvalue weighted by Crippen LogP contribution is 2.09. The third-order valence-corrected chi connectivity index (χ3v) is 2.68. The predicted octanol–water partition coefficient (Wildman–Crippen LogP) is 0.825. The van der Waals surface area contributed by atoms with Gasteiger partial charge in [0.2, 0.25) is 0 Å². The van der Waals surface area contributed by atoms with Crippen LogP contribution in [0.4, 0.5) is 0 Å². The summed E-state index contributed by atoms with van der Waals surface area (Å²) in [7, 11) is 0. The second-order valence-electron chi connectivity index (χ2n) is 4.05. The molecule has 2 N–H and O–H groups in total. The number of hydrogen-bond acceptors (Lipinski definition) is 4. The molecule has 1 aromatic rings. The standard InChI is InChI=1S/C11H18N4O2.HI/c1-2-12-11(15-5-3-10(16)8-15)13-7-9-4-6-17-14-9;/h4,6,10,16H,2-3,5,7-8H2,1H3,(H,12,13);1H/t10-;/m1./s1. The van der Waals surface area contributed by atoms with Crippen LogP contribution in [0.5, 0.6) is 0 Å². The van der Waals surface area contributed by atoms with E-state index in [1.807, 2.05) is 6.92 Å². The molecule has 0 aliphatic carbocycles. The van der Waals surface area contributed by atoms with Gasteiger partial charge in [0.05, 0.1) is 12.6 Å². The number of likely N-dealkylation sites (tertiary alicyclic amines) is 1. The Morgan fingerprint density at radius 3 is 3.11 bits per heavy atom. The number of nitrogens with one attached hydrogen (secondary N) is 1. The number of halogens is 1. The second kappa shape index (κ2) is 7.57. The average molecular weight is 366 g/mol. The van der Waals surface area contributed by atoms with E-state index < -0.39 is 0 Å². The highest BCUT2D eigenvalue weighted by Gasteiger charge is 2.22. The lowest BCUT2D eigenvalue weighted by Gasteiger charge is -2.20. The summed E-state index contributed by atoms with van der Waals surface area (Å²) in [5.41, 5.74) is 0.806. The van der Waals surface area contributed by atoms with E-state index in [4.69, 9.17) is 4.52 Å². The number of guanidine groups is 1. The maximum atomic E-state index is 9.52. The maximum absolute atomic E-state index is 9.52. The van der Waals surface area contributed by atoms with E-state index in [0.29, 0.717) is 13.1 Å². The highest BCUT2D eigenvalue weighted by molar-refractivity contribution is 14.0. The summed E-state index contributed by atoms with van der Waals surface area (Å²) in [5, 5.41) is 16.5. The fourth-order valence-electron chi connectivity index (χ4n) is 1.83. The third kappa shape index (κ3) is 4.13. The first kappa shape index (κ1) is 15.2. The van der Waals surface area contributed by atoms with Gasteiger partial charge in [-0.1, -0.05) is 5.16 Å². The molecule has 18 heavy (non-hydrogen) atoms. The number of rotatable bonds is 3. The molecule has 1 fully saturated rings. The molecule has 0 bridgehead atoms. The first-order valence-corrected chi connectivity index (χ1v) is 5.90. The summed E-state index contributed by atoms with van der Waals surface area (Å²) in [5.74, 6) is 0.826. The van der Waals surface area contributed by atoms with Gasteiger partial charge in [-0.15, -0.1) is 24.0 Å². The lowest BCUT2D eigenvalue weighted by atomic mass is 10.3. The zero-order chi connectivity index (χ0) is 12.1. The number of β-amino-alcohol motifs (C(OH)–C–C–N with tert-alkyl or cyclic N) is 1. The molecular weight excluding hydrogens is 347 g/mol. The van der Waals surface area contributed by atoms with Crippen LogP contribution in [0.2, 0.25) is 0 Å². The summed E-state index contributed by atoms with van der Waals surface area (Å²) in [6.07, 6.45) is 2.09. The van der Waals surface area contributed by atoms with Crippen molar-refractivity contribution >= 4 is 29.9 Å². The molecule has 0 radical (unpaired) electrons. The Bertz CT molecular complexity index is 369. The molecule has 0 unspecified atom stereocenters. The molecule has 0 aromatic carbocycles. The molecule has 1 aliphatic rings. The molecule has 2 rings (SSSR count). The van der Waals surface area contributed by atoms with Gasteiger partial charge in [-0.25, -0.2) is 4.99 Å². The molecule has 0 amide bonds. The quantitative estimate of drug-likeness (QED) is 0.471. The molecule has 6 nitrogen and oxygen atoms in total. The van der Waals surface area contributed by atoms with Gasteiger partial charge >= 0.3 is 0 Å². The van der Waals surface area contributed by atoms with Gasteiger partial charge in [-0.05, 0) is 13.3 Å². The first-order valence-electron chi connectivity index (χ1n) is 5.90. The summed E-state index contributed by atoms with van der Waals surface area (Å²) < 4.78 is 4.76. The fraction of sp³-hybridized carbons (Fsp3) is 0.636. The van der Waals surface area contributed by atoms with E-state index in [-0.39, 0.29) is 30.1 Å². The van der Waals surface area contributed by atoms with Gasteiger partial charge in [-0.3, -0.25) is 0 Å². The molecule has 102 valence electrons. The van der Waals surface area contributed by atoms with E-state index in [1.165, 1.54) is 6.26 Å². The normalized spacial score (nSPS) is 19.8. The lowest BCUT2D eigenvalue weighted by Crippen LogP contribution is -2.40. The predicted molar refractivity (Wildman–Crippen MR) is 78.9 cm³/mol. The van der Waals surface area contributed by atoms with Gasteiger partial charge in [0, 0.05) is 25.7 Å². The minimum absolute atomic E-state index is 0. The lowest BCUT2D eigenvalue weighted by molar-refractivity contribution is 0.188. The Balaban J connectivity index is 0.00000162. The van der Waals surface area contributed by atoms with Crippen LogP contribution in [0.1, 0.15) is 19.0 Å². The number of hydrogen-bond donors (Lipinski definition) is 2. The Labute approximate surface area is 123 Å². The van der Waals surface area contributed by atoms with Crippen molar-refractivity contribution in [2.45, 2.75) is 26.0 Å². The van der Waals surface area contributed by atoms with Crippen molar-refractivity contribution in [2.75, 3.05) is 19.6 Å². The van der Waals surface area contributed by atoms with Crippen molar-refractivity contribution in [3.63, 3.8) is 0 Å². The molecule has 1 aromatic heterocycles. The second-order valence-corrected chi connectivity index (χ2v) is 4.05. The van der Waals surface area contributed by atoms with Gasteiger partial charge in [0.1, 0.15) is 12.0 Å². The summed E-state index contributed by atoms with van der Waals surface area (Å²) >= 11 is 0. The maximum Gasteiger partial charge on any atom is 0.194 e. The van der Waals surface area contributed by atoms with Crippen LogP contribution >= 0.6 is 24.0 Å². The number of aliphatic hydroxyl groups is 1. The van der Waals surface area contributed by atoms with Crippen LogP contribution in [0, 0.1) is 0 Å². The Kier molecular flexibility index (Phi) is 6.41. The molecule has 0 spiro atoms. The number of aliphatic hydroxyl groups excluding tert-OH is 1.